The summed E-state index contributed by atoms with van der Waals surface area (Å²) in [7, 11) is 0. The summed E-state index contributed by atoms with van der Waals surface area (Å²) in [5, 5.41) is 2.46. The summed E-state index contributed by atoms with van der Waals surface area (Å²) >= 11 is 0. The van der Waals surface area contributed by atoms with Gasteiger partial charge in [0.1, 0.15) is 11.3 Å². The first-order valence-electron chi connectivity index (χ1n) is 6.57. The largest absolute Gasteiger partial charge is 0.444 e. The van der Waals surface area contributed by atoms with Crippen molar-refractivity contribution in [2.75, 3.05) is 6.54 Å². The molecule has 1 rings (SSSR count). The van der Waals surface area contributed by atoms with Gasteiger partial charge in [-0.2, -0.15) is 13.2 Å². The lowest BCUT2D eigenvalue weighted by Crippen LogP contribution is -2.32. The summed E-state index contributed by atoms with van der Waals surface area (Å²) in [6, 6.07) is 2.13. The maximum absolute atomic E-state index is 12.7. The number of aromatic nitrogens is 1. The third-order valence-electron chi connectivity index (χ3n) is 2.24. The average Bonchev–Trinajstić information content (AvgIpc) is 2.35. The van der Waals surface area contributed by atoms with Gasteiger partial charge in [-0.05, 0) is 38.8 Å². The summed E-state index contributed by atoms with van der Waals surface area (Å²) < 4.78 is 43.1. The number of alkyl halides is 3. The minimum Gasteiger partial charge on any atom is -0.444 e. The van der Waals surface area contributed by atoms with Crippen LogP contribution in [0.2, 0.25) is 0 Å². The molecule has 1 N–H and O–H groups in total. The molecule has 0 bridgehead atoms. The maximum atomic E-state index is 12.7. The van der Waals surface area contributed by atoms with Gasteiger partial charge in [0.25, 0.3) is 0 Å². The lowest BCUT2D eigenvalue weighted by Gasteiger charge is -2.19. The van der Waals surface area contributed by atoms with E-state index in [9.17, 15) is 18.0 Å². The molecule has 0 aliphatic heterocycles. The van der Waals surface area contributed by atoms with E-state index < -0.39 is 23.4 Å². The summed E-state index contributed by atoms with van der Waals surface area (Å²) in [6.07, 6.45) is -3.65. The Bertz CT molecular complexity index is 581. The van der Waals surface area contributed by atoms with Crippen molar-refractivity contribution in [3.05, 3.63) is 29.6 Å². The van der Waals surface area contributed by atoms with E-state index in [1.165, 1.54) is 12.3 Å². The zero-order chi connectivity index (χ0) is 16.8. The van der Waals surface area contributed by atoms with Crippen molar-refractivity contribution in [2.24, 2.45) is 0 Å². The van der Waals surface area contributed by atoms with E-state index in [-0.39, 0.29) is 18.7 Å². The average molecular weight is 314 g/mol. The van der Waals surface area contributed by atoms with Crippen LogP contribution < -0.4 is 5.32 Å². The predicted molar refractivity (Wildman–Crippen MR) is 75.0 cm³/mol. The molecule has 0 spiro atoms. The van der Waals surface area contributed by atoms with Gasteiger partial charge in [-0.15, -0.1) is 0 Å². The SMILES string of the molecule is CC(C)(C)OC(=O)NCCC#Cc1ncccc1C(F)(F)F. The highest BCUT2D eigenvalue weighted by Crippen LogP contribution is 2.30. The molecule has 0 atom stereocenters. The van der Waals surface area contributed by atoms with Gasteiger partial charge in [0.15, 0.2) is 0 Å². The van der Waals surface area contributed by atoms with Crippen LogP contribution in [0.15, 0.2) is 18.3 Å². The number of amides is 1. The van der Waals surface area contributed by atoms with Crippen LogP contribution in [-0.2, 0) is 10.9 Å². The molecule has 0 unspecified atom stereocenters. The first kappa shape index (κ1) is 17.8. The molecule has 0 aliphatic rings. The van der Waals surface area contributed by atoms with Gasteiger partial charge in [0.05, 0.1) is 5.56 Å². The van der Waals surface area contributed by atoms with Crippen LogP contribution in [0.3, 0.4) is 0 Å². The Morgan fingerprint density at radius 1 is 1.36 bits per heavy atom. The zero-order valence-corrected chi connectivity index (χ0v) is 12.5. The van der Waals surface area contributed by atoms with E-state index in [0.717, 1.165) is 6.07 Å². The molecule has 4 nitrogen and oxygen atoms in total. The van der Waals surface area contributed by atoms with E-state index in [4.69, 9.17) is 4.74 Å². The monoisotopic (exact) mass is 314 g/mol. The smallest absolute Gasteiger partial charge is 0.419 e. The molecular formula is C15H17F3N2O2. The van der Waals surface area contributed by atoms with Crippen molar-refractivity contribution in [3.63, 3.8) is 0 Å². The minimum atomic E-state index is -4.49. The Morgan fingerprint density at radius 3 is 2.64 bits per heavy atom. The Morgan fingerprint density at radius 2 is 2.05 bits per heavy atom. The standard InChI is InChI=1S/C15H17F3N2O2/c1-14(2,3)22-13(21)20-9-5-4-8-12-11(15(16,17)18)7-6-10-19-12/h6-7,10H,5,9H2,1-3H3,(H,20,21). The molecule has 1 aromatic rings. The second kappa shape index (κ2) is 7.16. The highest BCUT2D eigenvalue weighted by atomic mass is 19.4. The molecule has 22 heavy (non-hydrogen) atoms. The molecule has 0 aliphatic carbocycles. The number of rotatable bonds is 2. The molecule has 1 amide bonds. The van der Waals surface area contributed by atoms with Crippen LogP contribution in [0, 0.1) is 11.8 Å². The normalized spacial score (nSPS) is 11.4. The topological polar surface area (TPSA) is 51.2 Å². The highest BCUT2D eigenvalue weighted by Gasteiger charge is 2.33. The van der Waals surface area contributed by atoms with Crippen molar-refractivity contribution in [2.45, 2.75) is 39.0 Å². The van der Waals surface area contributed by atoms with E-state index in [1.54, 1.807) is 20.8 Å². The van der Waals surface area contributed by atoms with Crippen LogP contribution in [0.1, 0.15) is 38.4 Å². The first-order valence-corrected chi connectivity index (χ1v) is 6.57. The van der Waals surface area contributed by atoms with Gasteiger partial charge in [0, 0.05) is 19.2 Å². The van der Waals surface area contributed by atoms with Crippen molar-refractivity contribution >= 4 is 6.09 Å². The fourth-order valence-electron chi connectivity index (χ4n) is 1.42. The number of hydrogen-bond donors (Lipinski definition) is 1. The molecule has 1 aromatic heterocycles. The highest BCUT2D eigenvalue weighted by molar-refractivity contribution is 5.67. The van der Waals surface area contributed by atoms with Crippen molar-refractivity contribution in [3.8, 4) is 11.8 Å². The fraction of sp³-hybridized carbons (Fsp3) is 0.467. The number of nitrogens with zero attached hydrogens (tertiary/aromatic N) is 1. The number of pyridine rings is 1. The molecule has 0 saturated heterocycles. The second-order valence-electron chi connectivity index (χ2n) is 5.38. The van der Waals surface area contributed by atoms with Gasteiger partial charge >= 0.3 is 12.3 Å². The van der Waals surface area contributed by atoms with Gasteiger partial charge in [-0.1, -0.05) is 5.92 Å². The van der Waals surface area contributed by atoms with Crippen LogP contribution in [0.25, 0.3) is 0 Å². The first-order chi connectivity index (χ1) is 10.1. The number of ether oxygens (including phenoxy) is 1. The molecule has 7 heteroatoms. The molecule has 120 valence electrons. The van der Waals surface area contributed by atoms with E-state index in [2.05, 4.69) is 22.1 Å². The summed E-state index contributed by atoms with van der Waals surface area (Å²) in [5.74, 6) is 4.92. The van der Waals surface area contributed by atoms with Gasteiger partial charge < -0.3 is 10.1 Å². The third-order valence-corrected chi connectivity index (χ3v) is 2.24. The van der Waals surface area contributed by atoms with E-state index in [1.807, 2.05) is 0 Å². The van der Waals surface area contributed by atoms with Crippen molar-refractivity contribution < 1.29 is 22.7 Å². The Kier molecular flexibility index (Phi) is 5.80. The van der Waals surface area contributed by atoms with Crippen LogP contribution in [-0.4, -0.2) is 23.2 Å². The lowest BCUT2D eigenvalue weighted by atomic mass is 10.2. The molecule has 0 radical (unpaired) electrons. The Balaban J connectivity index is 2.55. The van der Waals surface area contributed by atoms with Crippen molar-refractivity contribution in [1.29, 1.82) is 0 Å². The number of carbonyl (C=O) groups is 1. The molecule has 1 heterocycles. The van der Waals surface area contributed by atoms with Crippen LogP contribution in [0.5, 0.6) is 0 Å². The van der Waals surface area contributed by atoms with Gasteiger partial charge in [-0.3, -0.25) is 0 Å². The minimum absolute atomic E-state index is 0.177. The number of alkyl carbamates (subject to hydrolysis) is 1. The molecule has 0 aromatic carbocycles. The summed E-state index contributed by atoms with van der Waals surface area (Å²) in [5.41, 5.74) is -1.81. The van der Waals surface area contributed by atoms with Crippen LogP contribution in [0.4, 0.5) is 18.0 Å². The van der Waals surface area contributed by atoms with Crippen LogP contribution >= 0.6 is 0 Å². The lowest BCUT2D eigenvalue weighted by molar-refractivity contribution is -0.138. The quantitative estimate of drug-likeness (QED) is 0.672. The Hall–Kier alpha value is -2.23. The van der Waals surface area contributed by atoms with Gasteiger partial charge in [0.2, 0.25) is 0 Å². The van der Waals surface area contributed by atoms with Crippen molar-refractivity contribution in [1.82, 2.24) is 10.3 Å². The Labute approximate surface area is 127 Å². The second-order valence-corrected chi connectivity index (χ2v) is 5.38. The van der Waals surface area contributed by atoms with E-state index >= 15 is 0 Å². The van der Waals surface area contributed by atoms with Gasteiger partial charge in [-0.25, -0.2) is 9.78 Å². The number of carbonyl (C=O) groups excluding carboxylic acids is 1. The third kappa shape index (κ3) is 6.48. The number of hydrogen-bond acceptors (Lipinski definition) is 3. The maximum Gasteiger partial charge on any atom is 0.419 e. The predicted octanol–water partition coefficient (Wildman–Crippen LogP) is 3.37. The number of nitrogens with one attached hydrogen (secondary N) is 1. The zero-order valence-electron chi connectivity index (χ0n) is 12.5. The molecule has 0 saturated carbocycles. The summed E-state index contributed by atoms with van der Waals surface area (Å²) in [4.78, 5) is 15.0. The molecule has 0 fully saturated rings. The summed E-state index contributed by atoms with van der Waals surface area (Å²) in [6.45, 7) is 5.36. The number of halogens is 3. The fourth-order valence-corrected chi connectivity index (χ4v) is 1.42. The molecular weight excluding hydrogens is 297 g/mol. The van der Waals surface area contributed by atoms with E-state index in [0.29, 0.717) is 0 Å².